The molecule has 21 nitrogen and oxygen atoms in total. The Morgan fingerprint density at radius 2 is 1.30 bits per heavy atom. The molecule has 0 bridgehead atoms. The summed E-state index contributed by atoms with van der Waals surface area (Å²) in [5.74, 6) is 1.03. The lowest BCUT2D eigenvalue weighted by Crippen LogP contribution is -2.43. The topological polar surface area (TPSA) is 277 Å². The minimum atomic E-state index is -0.500. The number of carbonyl (C=O) groups excluding carboxylic acids is 8. The van der Waals surface area contributed by atoms with Gasteiger partial charge in [-0.15, -0.1) is 0 Å². The van der Waals surface area contributed by atoms with Crippen molar-refractivity contribution in [3.05, 3.63) is 175 Å². The van der Waals surface area contributed by atoms with Crippen molar-refractivity contribution in [2.24, 2.45) is 24.1 Å². The molecule has 21 heteroatoms. The van der Waals surface area contributed by atoms with Crippen molar-refractivity contribution < 1.29 is 62.8 Å². The molecule has 0 radical (unpaired) electrons. The van der Waals surface area contributed by atoms with E-state index in [1.165, 1.54) is 73.5 Å². The minimum absolute atomic E-state index is 0.00360. The van der Waals surface area contributed by atoms with Crippen LogP contribution in [0.15, 0.2) is 119 Å². The Labute approximate surface area is 554 Å². The molecule has 8 aromatic rings. The van der Waals surface area contributed by atoms with E-state index >= 15 is 0 Å². The fourth-order valence-electron chi connectivity index (χ4n) is 13.1. The number of nitrogens with one attached hydrogen (secondary N) is 1. The largest absolute Gasteiger partial charge is 0.554 e. The normalized spacial score (nSPS) is 14.0. The number of benzene rings is 4. The number of likely N-dealkylation sites (N-methyl/N-ethyl adjacent to an activating group) is 1. The number of phenolic OH excluding ortho intramolecular Hbond substituents is 1. The van der Waals surface area contributed by atoms with E-state index in [1.807, 2.05) is 103 Å². The van der Waals surface area contributed by atoms with Gasteiger partial charge in [-0.2, -0.15) is 0 Å². The maximum Gasteiger partial charge on any atom is 0.308 e. The second kappa shape index (κ2) is 29.5. The summed E-state index contributed by atoms with van der Waals surface area (Å²) in [5.41, 5.74) is 15.8. The Morgan fingerprint density at radius 1 is 0.708 bits per heavy atom. The van der Waals surface area contributed by atoms with E-state index in [2.05, 4.69) is 55.7 Å². The second-order valence-electron chi connectivity index (χ2n) is 24.6. The number of aliphatic imine (C=N–C) groups is 2. The number of aromatic amines is 1. The van der Waals surface area contributed by atoms with Gasteiger partial charge in [-0.05, 0) is 147 Å². The van der Waals surface area contributed by atoms with Crippen LogP contribution in [0.2, 0.25) is 0 Å². The van der Waals surface area contributed by atoms with Crippen molar-refractivity contribution in [2.45, 2.75) is 105 Å². The summed E-state index contributed by atoms with van der Waals surface area (Å²) in [4.78, 5) is 108. The molecule has 4 aliphatic heterocycles. The maximum atomic E-state index is 12.4. The summed E-state index contributed by atoms with van der Waals surface area (Å²) in [6.45, 7) is 9.43. The number of H-pyrrole nitrogens is 1. The zero-order valence-electron chi connectivity index (χ0n) is 55.3. The molecule has 2 aliphatic carbocycles. The zero-order valence-corrected chi connectivity index (χ0v) is 55.3. The minimum Gasteiger partial charge on any atom is -0.554 e. The third-order valence-corrected chi connectivity index (χ3v) is 17.4. The fraction of sp³-hybridized carbons (Fsp3) is 0.307. The SMILES string of the molecule is CC(=O)CC1=CC2=NCCc3cn(C)c(c32)C1=O.CC(=O)CC1=Cc2nccc3cn(C)c(c23)C1=O.CC(=O)Oc1ccc(CCCc2cc3c4c(c2O)N=CC=4CC[N+]=3C)cc1.CC(=O)Oc1ccc(CCCc2cc3c4c(c[nH]c4c2OC(C)=O)CCN3C)cc1.O=C[O-]. The molecule has 0 amide bonds. The average molecular weight is 1300 g/mol. The van der Waals surface area contributed by atoms with Gasteiger partial charge in [-0.1, -0.05) is 24.3 Å². The molecule has 0 saturated heterocycles. The Bertz CT molecular complexity index is 4750. The Hall–Kier alpha value is -11.0. The lowest BCUT2D eigenvalue weighted by molar-refractivity contribution is -0.283. The first kappa shape index (κ1) is 67.9. The number of aromatic hydroxyl groups is 1. The smallest absolute Gasteiger partial charge is 0.308 e. The molecule has 0 fully saturated rings. The number of hydrogen-bond acceptors (Lipinski definition) is 17. The molecule has 0 spiro atoms. The van der Waals surface area contributed by atoms with E-state index in [0.29, 0.717) is 45.5 Å². The molecule has 4 aromatic carbocycles. The van der Waals surface area contributed by atoms with Crippen LogP contribution in [0.3, 0.4) is 0 Å². The number of esters is 3. The lowest BCUT2D eigenvalue weighted by Gasteiger charge is -2.27. The van der Waals surface area contributed by atoms with Crippen LogP contribution in [0.4, 0.5) is 11.4 Å². The van der Waals surface area contributed by atoms with E-state index in [-0.39, 0.29) is 53.9 Å². The van der Waals surface area contributed by atoms with Crippen molar-refractivity contribution in [1.29, 1.82) is 0 Å². The molecule has 2 N–H and O–H groups in total. The number of aryl methyl sites for hydroxylation is 6. The summed E-state index contributed by atoms with van der Waals surface area (Å²) in [6.07, 6.45) is 21.5. The van der Waals surface area contributed by atoms with Gasteiger partial charge in [-0.3, -0.25) is 48.5 Å². The molecule has 0 atom stereocenters. The van der Waals surface area contributed by atoms with Gasteiger partial charge in [-0.25, -0.2) is 4.58 Å². The molecule has 6 aliphatic rings. The third-order valence-electron chi connectivity index (χ3n) is 17.4. The first-order chi connectivity index (χ1) is 46.0. The third kappa shape index (κ3) is 15.0. The Morgan fingerprint density at radius 3 is 1.92 bits per heavy atom. The van der Waals surface area contributed by atoms with E-state index in [9.17, 15) is 38.7 Å². The Kier molecular flexibility index (Phi) is 20.9. The molecule has 8 heterocycles. The van der Waals surface area contributed by atoms with Gasteiger partial charge in [0.05, 0.1) is 33.5 Å². The molecule has 0 unspecified atom stereocenters. The van der Waals surface area contributed by atoms with Crippen LogP contribution in [0.25, 0.3) is 33.3 Å². The van der Waals surface area contributed by atoms with Gasteiger partial charge < -0.3 is 48.2 Å². The molecule has 494 valence electrons. The second-order valence-corrected chi connectivity index (χ2v) is 24.6. The van der Waals surface area contributed by atoms with Gasteiger partial charge in [0.1, 0.15) is 48.1 Å². The first-order valence-electron chi connectivity index (χ1n) is 31.8. The molecule has 14 rings (SSSR count). The highest BCUT2D eigenvalue weighted by molar-refractivity contribution is 6.27. The van der Waals surface area contributed by atoms with Gasteiger partial charge in [0, 0.05) is 162 Å². The quantitative estimate of drug-likeness (QED) is 0.0425. The number of nitrogens with zero attached hydrogens (tertiary/aromatic N) is 7. The Balaban J connectivity index is 0.000000140. The lowest BCUT2D eigenvalue weighted by atomic mass is 9.88. The van der Waals surface area contributed by atoms with Crippen LogP contribution in [-0.2, 0) is 81.4 Å². The van der Waals surface area contributed by atoms with Crippen molar-refractivity contribution in [3.63, 3.8) is 0 Å². The predicted molar refractivity (Wildman–Crippen MR) is 364 cm³/mol. The van der Waals surface area contributed by atoms with Crippen molar-refractivity contribution in [3.8, 4) is 23.0 Å². The highest BCUT2D eigenvalue weighted by Gasteiger charge is 2.33. The van der Waals surface area contributed by atoms with E-state index in [1.54, 1.807) is 18.3 Å². The van der Waals surface area contributed by atoms with Crippen molar-refractivity contribution in [1.82, 2.24) is 23.7 Å². The summed E-state index contributed by atoms with van der Waals surface area (Å²) >= 11 is 0. The van der Waals surface area contributed by atoms with Gasteiger partial charge in [0.2, 0.25) is 16.9 Å². The van der Waals surface area contributed by atoms with Crippen molar-refractivity contribution >= 4 is 104 Å². The summed E-state index contributed by atoms with van der Waals surface area (Å²) < 4.78 is 21.7. The summed E-state index contributed by atoms with van der Waals surface area (Å²) in [6, 6.07) is 21.3. The average Bonchev–Trinajstić information content (AvgIpc) is 1.58. The number of aromatic nitrogens is 4. The van der Waals surface area contributed by atoms with E-state index in [4.69, 9.17) is 24.1 Å². The molecule has 0 saturated carbocycles. The van der Waals surface area contributed by atoms with Gasteiger partial charge >= 0.3 is 17.9 Å². The number of carbonyl (C=O) groups is 8. The van der Waals surface area contributed by atoms with Crippen LogP contribution >= 0.6 is 0 Å². The summed E-state index contributed by atoms with van der Waals surface area (Å²) in [7, 11) is 7.91. The molecular formula is C75H76N8O13. The number of allylic oxidation sites excluding steroid dienone is 3. The molecule has 4 aromatic heterocycles. The number of phenols is 1. The number of rotatable bonds is 15. The highest BCUT2D eigenvalue weighted by atomic mass is 16.5. The molecule has 96 heavy (non-hydrogen) atoms. The maximum absolute atomic E-state index is 12.4. The van der Waals surface area contributed by atoms with Crippen molar-refractivity contribution in [2.75, 3.05) is 38.6 Å². The van der Waals surface area contributed by atoms with Gasteiger partial charge in [0.25, 0.3) is 0 Å². The number of pyridine rings is 1. The van der Waals surface area contributed by atoms with E-state index < -0.39 is 6.47 Å². The number of hydrogen-bond donors (Lipinski definition) is 2. The zero-order chi connectivity index (χ0) is 68.6. The number of ketones is 4. The first-order valence-corrected chi connectivity index (χ1v) is 31.8. The molecular weight excluding hydrogens is 1220 g/mol. The van der Waals surface area contributed by atoms with E-state index in [0.717, 1.165) is 138 Å². The van der Waals surface area contributed by atoms with Crippen LogP contribution < -0.4 is 39.4 Å². The predicted octanol–water partition coefficient (Wildman–Crippen LogP) is 8.04. The van der Waals surface area contributed by atoms with Crippen LogP contribution in [0.5, 0.6) is 23.0 Å². The fourth-order valence-corrected chi connectivity index (χ4v) is 13.1. The van der Waals surface area contributed by atoms with Crippen LogP contribution in [0.1, 0.15) is 132 Å². The number of ether oxygens (including phenoxy) is 3. The number of Topliss-reactive ketones (excluding diaryl/α,β-unsaturated/α-hetero) is 4. The monoisotopic (exact) mass is 1300 g/mol. The summed E-state index contributed by atoms with van der Waals surface area (Å²) in [5, 5.41) is 24.3. The standard InChI is InChI=1S/C24H26N2O4.C22H22N2O3.C14H14N2O2.C14H12N2O2.CH2O2/c1-15(27)29-20-9-7-17(8-10-20)5-4-6-18-13-21-22-19(11-12-26(21)3)14-25-23(22)24(18)30-16(2)28;1-14(25)27-18-8-6-15(7-9-18)4-3-5-16-12-19-20-17(10-11-24(19)2)13-23-21(20)22(16)26;2*1-8(17)5-10-6-11-12-9(3-4-15-11)7-16(2)13(12)14(10)18;2-1-3/h7-10,13-14,25H,4-6,11-12H2,1-3H3;6-9,12-13H,3-5,10-11H2,1-2H3;6-7H,3-5H2,1-2H3;3-4,6-7H,5H2,1-2H3;1H,(H,2,3). The highest BCUT2D eigenvalue weighted by Crippen LogP contribution is 2.42. The number of anilines is 1. The van der Waals surface area contributed by atoms with Crippen LogP contribution in [0, 0.1) is 0 Å². The van der Waals surface area contributed by atoms with Gasteiger partial charge in [0.15, 0.2) is 5.75 Å². The van der Waals surface area contributed by atoms with Crippen LogP contribution in [-0.4, -0.2) is 117 Å². The number of carboxylic acid groups (broad SMARTS) is 1.